The quantitative estimate of drug-likeness (QED) is 0.363. The molecule has 3 N–H and O–H groups in total. The van der Waals surface area contributed by atoms with Crippen molar-refractivity contribution in [2.75, 3.05) is 4.72 Å². The summed E-state index contributed by atoms with van der Waals surface area (Å²) in [4.78, 5) is 27.9. The van der Waals surface area contributed by atoms with Gasteiger partial charge in [0.05, 0.1) is 26.6 Å². The fourth-order valence-electron chi connectivity index (χ4n) is 3.33. The molecule has 3 aromatic carbocycles. The van der Waals surface area contributed by atoms with Crippen LogP contribution in [0.5, 0.6) is 0 Å². The van der Waals surface area contributed by atoms with Crippen LogP contribution in [-0.4, -0.2) is 18.4 Å². The largest absolute Gasteiger partial charge is 0.316 e. The maximum absolute atomic E-state index is 13.0. The summed E-state index contributed by atoms with van der Waals surface area (Å²) < 4.78 is 28.6. The van der Waals surface area contributed by atoms with Crippen LogP contribution in [0.1, 0.15) is 11.1 Å². The van der Waals surface area contributed by atoms with Crippen molar-refractivity contribution in [3.8, 4) is 11.1 Å². The molecule has 1 aromatic heterocycles. The number of sulfonamides is 1. The highest BCUT2D eigenvalue weighted by atomic mass is 35.5. The Balaban J connectivity index is 1.70. The number of anilines is 1. The lowest BCUT2D eigenvalue weighted by molar-refractivity contribution is 0.600. The topological polar surface area (TPSA) is 112 Å². The van der Waals surface area contributed by atoms with E-state index in [9.17, 15) is 18.0 Å². The van der Waals surface area contributed by atoms with E-state index in [1.807, 2.05) is 19.1 Å². The third kappa shape index (κ3) is 4.17. The molecule has 0 aliphatic carbocycles. The summed E-state index contributed by atoms with van der Waals surface area (Å²) in [6.07, 6.45) is 0. The Morgan fingerprint density at radius 3 is 2.06 bits per heavy atom. The molecule has 0 spiro atoms. The number of benzene rings is 3. The van der Waals surface area contributed by atoms with Crippen LogP contribution in [0.2, 0.25) is 10.0 Å². The van der Waals surface area contributed by atoms with E-state index in [0.717, 1.165) is 11.1 Å². The first-order valence-electron chi connectivity index (χ1n) is 9.41. The van der Waals surface area contributed by atoms with E-state index in [1.54, 1.807) is 25.1 Å². The Bertz CT molecular complexity index is 1610. The van der Waals surface area contributed by atoms with Crippen LogP contribution in [0.4, 0.5) is 5.69 Å². The maximum atomic E-state index is 13.0. The van der Waals surface area contributed by atoms with E-state index >= 15 is 0 Å². The number of hydrogen-bond acceptors (Lipinski definition) is 4. The van der Waals surface area contributed by atoms with Crippen molar-refractivity contribution >= 4 is 49.9 Å². The summed E-state index contributed by atoms with van der Waals surface area (Å²) in [6.45, 7) is 3.49. The van der Waals surface area contributed by atoms with Crippen molar-refractivity contribution in [1.29, 1.82) is 0 Å². The summed E-state index contributed by atoms with van der Waals surface area (Å²) in [5, 5.41) is 0.955. The summed E-state index contributed by atoms with van der Waals surface area (Å²) >= 11 is 12.6. The molecule has 0 amide bonds. The first-order chi connectivity index (χ1) is 15.0. The smallest absolute Gasteiger partial charge is 0.314 e. The first-order valence-corrected chi connectivity index (χ1v) is 11.6. The van der Waals surface area contributed by atoms with Gasteiger partial charge in [-0.3, -0.25) is 14.3 Å². The van der Waals surface area contributed by atoms with Gasteiger partial charge in [0.1, 0.15) is 0 Å². The summed E-state index contributed by atoms with van der Waals surface area (Å²) in [5.74, 6) is 0. The van der Waals surface area contributed by atoms with E-state index in [1.165, 1.54) is 18.2 Å². The highest BCUT2D eigenvalue weighted by Crippen LogP contribution is 2.33. The van der Waals surface area contributed by atoms with Crippen molar-refractivity contribution in [2.45, 2.75) is 18.7 Å². The maximum Gasteiger partial charge on any atom is 0.314 e. The fourth-order valence-corrected chi connectivity index (χ4v) is 5.10. The molecule has 10 heteroatoms. The Labute approximate surface area is 193 Å². The molecule has 1 heterocycles. The third-order valence-electron chi connectivity index (χ3n) is 5.01. The minimum atomic E-state index is -4.01. The molecule has 7 nitrogen and oxygen atoms in total. The van der Waals surface area contributed by atoms with Crippen molar-refractivity contribution < 1.29 is 8.42 Å². The molecular formula is C22H17Cl2N3O4S. The second kappa shape index (κ2) is 8.12. The minimum absolute atomic E-state index is 0.0433. The third-order valence-corrected chi connectivity index (χ3v) is 7.25. The van der Waals surface area contributed by atoms with Gasteiger partial charge in [0.2, 0.25) is 0 Å². The van der Waals surface area contributed by atoms with Crippen LogP contribution in [0.15, 0.2) is 63.0 Å². The number of fused-ring (bicyclic) bond motifs is 1. The Morgan fingerprint density at radius 1 is 0.781 bits per heavy atom. The van der Waals surface area contributed by atoms with Gasteiger partial charge >= 0.3 is 11.1 Å². The number of halogens is 2. The fraction of sp³-hybridized carbons (Fsp3) is 0.0909. The molecule has 0 radical (unpaired) electrons. The molecular weight excluding hydrogens is 473 g/mol. The van der Waals surface area contributed by atoms with Crippen molar-refractivity contribution in [2.24, 2.45) is 0 Å². The second-order valence-corrected chi connectivity index (χ2v) is 9.80. The van der Waals surface area contributed by atoms with Crippen LogP contribution in [-0.2, 0) is 10.0 Å². The monoisotopic (exact) mass is 489 g/mol. The van der Waals surface area contributed by atoms with Gasteiger partial charge in [-0.2, -0.15) is 0 Å². The molecule has 0 aliphatic heterocycles. The minimum Gasteiger partial charge on any atom is -0.316 e. The molecule has 0 atom stereocenters. The van der Waals surface area contributed by atoms with E-state index in [-0.39, 0.29) is 16.1 Å². The number of hydrogen-bond donors (Lipinski definition) is 3. The average molecular weight is 490 g/mol. The average Bonchev–Trinajstić information content (AvgIpc) is 2.71. The summed E-state index contributed by atoms with van der Waals surface area (Å²) in [7, 11) is -4.01. The summed E-state index contributed by atoms with van der Waals surface area (Å²) in [6, 6.07) is 13.2. The number of aromatic amines is 2. The number of rotatable bonds is 4. The van der Waals surface area contributed by atoms with Crippen LogP contribution in [0.25, 0.3) is 22.2 Å². The zero-order chi connectivity index (χ0) is 23.2. The van der Waals surface area contributed by atoms with Gasteiger partial charge in [0.15, 0.2) is 0 Å². The molecule has 0 saturated heterocycles. The van der Waals surface area contributed by atoms with E-state index in [2.05, 4.69) is 14.7 Å². The molecule has 0 saturated carbocycles. The van der Waals surface area contributed by atoms with Crippen LogP contribution in [0.3, 0.4) is 0 Å². The number of nitrogens with one attached hydrogen (secondary N) is 3. The zero-order valence-electron chi connectivity index (χ0n) is 16.9. The molecule has 0 bridgehead atoms. The van der Waals surface area contributed by atoms with Crippen molar-refractivity contribution in [1.82, 2.24) is 9.97 Å². The highest BCUT2D eigenvalue weighted by molar-refractivity contribution is 7.92. The van der Waals surface area contributed by atoms with Gasteiger partial charge < -0.3 is 9.97 Å². The van der Waals surface area contributed by atoms with Gasteiger partial charge in [0, 0.05) is 10.6 Å². The van der Waals surface area contributed by atoms with E-state index < -0.39 is 21.1 Å². The zero-order valence-corrected chi connectivity index (χ0v) is 19.2. The molecule has 0 aliphatic rings. The Morgan fingerprint density at radius 2 is 1.44 bits per heavy atom. The standard InChI is InChI=1S/C22H17Cl2N3O4S/c1-11-3-4-13(8-16(11)23)15-6-5-14(9-17(15)24)27-32(30,31)20-10-19-18(7-12(20)2)25-21(28)22(29)26-19/h3-10,27H,1-2H3,(H,25,28)(H,26,29). The van der Waals surface area contributed by atoms with Crippen LogP contribution >= 0.6 is 23.2 Å². The lowest BCUT2D eigenvalue weighted by Crippen LogP contribution is -2.29. The molecule has 4 rings (SSSR count). The van der Waals surface area contributed by atoms with Gasteiger partial charge in [0.25, 0.3) is 10.0 Å². The molecule has 0 fully saturated rings. The molecule has 32 heavy (non-hydrogen) atoms. The van der Waals surface area contributed by atoms with Gasteiger partial charge in [-0.25, -0.2) is 8.42 Å². The first kappa shape index (κ1) is 22.1. The lowest BCUT2D eigenvalue weighted by atomic mass is 10.0. The molecule has 0 unspecified atom stereocenters. The number of aryl methyl sites for hydroxylation is 2. The Hall–Kier alpha value is -3.07. The summed E-state index contributed by atoms with van der Waals surface area (Å²) in [5.41, 5.74) is 1.97. The van der Waals surface area contributed by atoms with E-state index in [0.29, 0.717) is 26.7 Å². The van der Waals surface area contributed by atoms with Crippen molar-refractivity contribution in [3.05, 3.63) is 90.4 Å². The lowest BCUT2D eigenvalue weighted by Gasteiger charge is -2.13. The molecule has 4 aromatic rings. The van der Waals surface area contributed by atoms with Gasteiger partial charge in [-0.15, -0.1) is 0 Å². The second-order valence-electron chi connectivity index (χ2n) is 7.34. The van der Waals surface area contributed by atoms with Crippen molar-refractivity contribution in [3.63, 3.8) is 0 Å². The van der Waals surface area contributed by atoms with Crippen LogP contribution in [0, 0.1) is 13.8 Å². The normalized spacial score (nSPS) is 11.6. The molecule has 164 valence electrons. The predicted octanol–water partition coefficient (Wildman–Crippen LogP) is 4.61. The SMILES string of the molecule is Cc1ccc(-c2ccc(NS(=O)(=O)c3cc4[nH]c(=O)c(=O)[nH]c4cc3C)cc2Cl)cc1Cl. The van der Waals surface area contributed by atoms with Gasteiger partial charge in [-0.05, 0) is 60.9 Å². The van der Waals surface area contributed by atoms with Crippen LogP contribution < -0.4 is 15.8 Å². The number of aromatic nitrogens is 2. The Kier molecular flexibility index (Phi) is 5.62. The number of H-pyrrole nitrogens is 2. The van der Waals surface area contributed by atoms with E-state index in [4.69, 9.17) is 23.2 Å². The highest BCUT2D eigenvalue weighted by Gasteiger charge is 2.19. The predicted molar refractivity (Wildman–Crippen MR) is 127 cm³/mol. The van der Waals surface area contributed by atoms with Gasteiger partial charge in [-0.1, -0.05) is 41.4 Å².